The van der Waals surface area contributed by atoms with E-state index in [9.17, 15) is 18.5 Å². The SMILES string of the molecule is COc1ccc(S(=O)(=O)N2CCNCC2c2cccnc2)cc1[N+](=O)[O-]. The molecule has 1 unspecified atom stereocenters. The number of methoxy groups -OCH3 is 1. The summed E-state index contributed by atoms with van der Waals surface area (Å²) in [5.41, 5.74) is 0.368. The average Bonchev–Trinajstić information content (AvgIpc) is 2.68. The topological polar surface area (TPSA) is 115 Å². The van der Waals surface area contributed by atoms with E-state index in [0.29, 0.717) is 13.1 Å². The number of nitro groups is 1. The number of nitro benzene ring substituents is 1. The molecule has 1 aromatic heterocycles. The molecular weight excluding hydrogens is 360 g/mol. The highest BCUT2D eigenvalue weighted by Gasteiger charge is 2.35. The maximum atomic E-state index is 13.2. The summed E-state index contributed by atoms with van der Waals surface area (Å²) >= 11 is 0. The van der Waals surface area contributed by atoms with Crippen LogP contribution in [0.15, 0.2) is 47.6 Å². The average molecular weight is 378 g/mol. The molecule has 1 N–H and O–H groups in total. The van der Waals surface area contributed by atoms with Gasteiger partial charge < -0.3 is 10.1 Å². The Morgan fingerprint density at radius 1 is 1.38 bits per heavy atom. The van der Waals surface area contributed by atoms with Crippen LogP contribution in [0.4, 0.5) is 5.69 Å². The van der Waals surface area contributed by atoms with Gasteiger partial charge in [0.2, 0.25) is 10.0 Å². The highest BCUT2D eigenvalue weighted by atomic mass is 32.2. The van der Waals surface area contributed by atoms with Gasteiger partial charge in [0.1, 0.15) is 0 Å². The minimum Gasteiger partial charge on any atom is -0.490 e. The molecule has 1 saturated heterocycles. The Morgan fingerprint density at radius 2 is 2.19 bits per heavy atom. The Bertz CT molecular complexity index is 904. The molecule has 0 saturated carbocycles. The van der Waals surface area contributed by atoms with Gasteiger partial charge >= 0.3 is 5.69 Å². The summed E-state index contributed by atoms with van der Waals surface area (Å²) in [5, 5.41) is 14.4. The van der Waals surface area contributed by atoms with E-state index >= 15 is 0 Å². The van der Waals surface area contributed by atoms with Crippen molar-refractivity contribution in [3.05, 3.63) is 58.4 Å². The lowest BCUT2D eigenvalue weighted by Gasteiger charge is -2.35. The number of pyridine rings is 1. The summed E-state index contributed by atoms with van der Waals surface area (Å²) in [7, 11) is -2.64. The van der Waals surface area contributed by atoms with Crippen LogP contribution in [0.1, 0.15) is 11.6 Å². The lowest BCUT2D eigenvalue weighted by atomic mass is 10.1. The predicted molar refractivity (Wildman–Crippen MR) is 93.4 cm³/mol. The quantitative estimate of drug-likeness (QED) is 0.616. The zero-order valence-electron chi connectivity index (χ0n) is 14.0. The molecule has 2 aromatic rings. The number of piperazine rings is 1. The third-order valence-electron chi connectivity index (χ3n) is 4.22. The number of sulfonamides is 1. The van der Waals surface area contributed by atoms with Gasteiger partial charge in [-0.1, -0.05) is 6.07 Å². The van der Waals surface area contributed by atoms with E-state index in [1.807, 2.05) is 6.07 Å². The number of nitrogens with one attached hydrogen (secondary N) is 1. The van der Waals surface area contributed by atoms with Crippen molar-refractivity contribution in [1.82, 2.24) is 14.6 Å². The van der Waals surface area contributed by atoms with Crippen LogP contribution in [0.5, 0.6) is 5.75 Å². The number of aromatic nitrogens is 1. The monoisotopic (exact) mass is 378 g/mol. The first-order valence-electron chi connectivity index (χ1n) is 7.90. The molecule has 0 radical (unpaired) electrons. The third kappa shape index (κ3) is 3.39. The predicted octanol–water partition coefficient (Wildman–Crippen LogP) is 1.33. The molecule has 0 amide bonds. The molecule has 0 bridgehead atoms. The van der Waals surface area contributed by atoms with E-state index in [2.05, 4.69) is 10.3 Å². The van der Waals surface area contributed by atoms with Crippen molar-refractivity contribution < 1.29 is 18.1 Å². The standard InChI is InChI=1S/C16H18N4O5S/c1-25-16-5-4-13(9-14(16)20(21)22)26(23,24)19-8-7-18-11-15(19)12-3-2-6-17-10-12/h2-6,9-10,15,18H,7-8,11H2,1H3. The van der Waals surface area contributed by atoms with E-state index in [4.69, 9.17) is 4.74 Å². The van der Waals surface area contributed by atoms with Gasteiger partial charge in [0.05, 0.1) is 23.0 Å². The summed E-state index contributed by atoms with van der Waals surface area (Å²) < 4.78 is 32.6. The van der Waals surface area contributed by atoms with Gasteiger partial charge in [0, 0.05) is 38.1 Å². The van der Waals surface area contributed by atoms with Crippen LogP contribution in [0.2, 0.25) is 0 Å². The number of nitrogens with zero attached hydrogens (tertiary/aromatic N) is 3. The van der Waals surface area contributed by atoms with E-state index in [1.54, 1.807) is 18.5 Å². The fraction of sp³-hybridized carbons (Fsp3) is 0.312. The normalized spacial score (nSPS) is 18.4. The largest absolute Gasteiger partial charge is 0.490 e. The molecular formula is C16H18N4O5S. The lowest BCUT2D eigenvalue weighted by Crippen LogP contribution is -2.48. The number of rotatable bonds is 5. The molecule has 1 fully saturated rings. The Kier molecular flexibility index (Phi) is 5.16. The van der Waals surface area contributed by atoms with Crippen molar-refractivity contribution in [2.75, 3.05) is 26.7 Å². The summed E-state index contributed by atoms with van der Waals surface area (Å²) in [6.07, 6.45) is 3.24. The lowest BCUT2D eigenvalue weighted by molar-refractivity contribution is -0.386. The van der Waals surface area contributed by atoms with Crippen molar-refractivity contribution in [3.63, 3.8) is 0 Å². The molecule has 1 atom stereocenters. The molecule has 1 aliphatic rings. The van der Waals surface area contributed by atoms with Crippen LogP contribution < -0.4 is 10.1 Å². The minimum absolute atomic E-state index is 0.0121. The fourth-order valence-electron chi connectivity index (χ4n) is 2.94. The van der Waals surface area contributed by atoms with Crippen molar-refractivity contribution in [3.8, 4) is 5.75 Å². The minimum atomic E-state index is -3.93. The van der Waals surface area contributed by atoms with Crippen LogP contribution in [0, 0.1) is 10.1 Å². The molecule has 1 aromatic carbocycles. The molecule has 138 valence electrons. The smallest absolute Gasteiger partial charge is 0.312 e. The Hall–Kier alpha value is -2.56. The zero-order valence-corrected chi connectivity index (χ0v) is 14.8. The third-order valence-corrected chi connectivity index (χ3v) is 6.12. The second kappa shape index (κ2) is 7.36. The van der Waals surface area contributed by atoms with Crippen LogP contribution in [0.25, 0.3) is 0 Å². The van der Waals surface area contributed by atoms with Gasteiger partial charge in [-0.25, -0.2) is 8.42 Å². The first-order chi connectivity index (χ1) is 12.4. The van der Waals surface area contributed by atoms with Gasteiger partial charge in [-0.05, 0) is 23.8 Å². The van der Waals surface area contributed by atoms with Gasteiger partial charge in [-0.3, -0.25) is 15.1 Å². The first-order valence-corrected chi connectivity index (χ1v) is 9.34. The van der Waals surface area contributed by atoms with Gasteiger partial charge in [0.15, 0.2) is 5.75 Å². The number of hydrogen-bond acceptors (Lipinski definition) is 7. The molecule has 0 aliphatic carbocycles. The summed E-state index contributed by atoms with van der Waals surface area (Å²) in [4.78, 5) is 14.5. The highest BCUT2D eigenvalue weighted by molar-refractivity contribution is 7.89. The fourth-order valence-corrected chi connectivity index (χ4v) is 4.57. The second-order valence-corrected chi connectivity index (χ2v) is 7.60. The first kappa shape index (κ1) is 18.2. The van der Waals surface area contributed by atoms with Gasteiger partial charge in [0.25, 0.3) is 0 Å². The molecule has 1 aliphatic heterocycles. The molecule has 0 spiro atoms. The Balaban J connectivity index is 2.03. The van der Waals surface area contributed by atoms with E-state index in [1.165, 1.54) is 23.5 Å². The maximum absolute atomic E-state index is 13.2. The molecule has 10 heteroatoms. The molecule has 3 rings (SSSR count). The van der Waals surface area contributed by atoms with E-state index in [-0.39, 0.29) is 22.9 Å². The second-order valence-electron chi connectivity index (χ2n) is 5.71. The van der Waals surface area contributed by atoms with E-state index in [0.717, 1.165) is 11.6 Å². The zero-order chi connectivity index (χ0) is 18.7. The van der Waals surface area contributed by atoms with Gasteiger partial charge in [-0.15, -0.1) is 0 Å². The Morgan fingerprint density at radius 3 is 2.85 bits per heavy atom. The Labute approximate surface area is 150 Å². The van der Waals surface area contributed by atoms with Crippen LogP contribution in [-0.2, 0) is 10.0 Å². The number of hydrogen-bond donors (Lipinski definition) is 1. The van der Waals surface area contributed by atoms with Crippen LogP contribution >= 0.6 is 0 Å². The summed E-state index contributed by atoms with van der Waals surface area (Å²) in [5.74, 6) is 0.0121. The summed E-state index contributed by atoms with van der Waals surface area (Å²) in [6, 6.07) is 6.77. The van der Waals surface area contributed by atoms with Crippen molar-refractivity contribution >= 4 is 15.7 Å². The molecule has 9 nitrogen and oxygen atoms in total. The number of ether oxygens (including phenoxy) is 1. The van der Waals surface area contributed by atoms with Crippen molar-refractivity contribution in [1.29, 1.82) is 0 Å². The highest BCUT2D eigenvalue weighted by Crippen LogP contribution is 2.33. The molecule has 2 heterocycles. The van der Waals surface area contributed by atoms with Crippen LogP contribution in [0.3, 0.4) is 0 Å². The van der Waals surface area contributed by atoms with Crippen molar-refractivity contribution in [2.45, 2.75) is 10.9 Å². The molecule has 26 heavy (non-hydrogen) atoms. The number of benzene rings is 1. The van der Waals surface area contributed by atoms with Gasteiger partial charge in [-0.2, -0.15) is 4.31 Å². The maximum Gasteiger partial charge on any atom is 0.312 e. The van der Waals surface area contributed by atoms with Crippen LogP contribution in [-0.4, -0.2) is 49.4 Å². The summed E-state index contributed by atoms with van der Waals surface area (Å²) in [6.45, 7) is 1.18. The van der Waals surface area contributed by atoms with Crippen molar-refractivity contribution in [2.24, 2.45) is 0 Å². The van der Waals surface area contributed by atoms with E-state index < -0.39 is 21.0 Å².